The highest BCUT2D eigenvalue weighted by Crippen LogP contribution is 2.31. The molecule has 9 nitrogen and oxygen atoms in total. The first-order valence-corrected chi connectivity index (χ1v) is 14.4. The number of hydrogen-bond acceptors (Lipinski definition) is 7. The van der Waals surface area contributed by atoms with Crippen LogP contribution in [-0.4, -0.2) is 48.9 Å². The summed E-state index contributed by atoms with van der Waals surface area (Å²) in [6, 6.07) is 13.7. The SMILES string of the molecule is CC(C)(C)C=C(C#N)C(=O)N1CCC[C@@H]1Cn1c(NC(=O)c2ccc(-c3ccnc(F)c3)s2)nc2cc(CO)ccc21. The zero-order valence-electron chi connectivity index (χ0n) is 23.6. The summed E-state index contributed by atoms with van der Waals surface area (Å²) in [5.74, 6) is -0.969. The van der Waals surface area contributed by atoms with Gasteiger partial charge >= 0.3 is 0 Å². The predicted molar refractivity (Wildman–Crippen MR) is 159 cm³/mol. The zero-order chi connectivity index (χ0) is 30.0. The van der Waals surface area contributed by atoms with Crippen LogP contribution in [0, 0.1) is 22.7 Å². The van der Waals surface area contributed by atoms with Crippen LogP contribution in [-0.2, 0) is 17.9 Å². The van der Waals surface area contributed by atoms with Gasteiger partial charge in [-0.2, -0.15) is 9.65 Å². The van der Waals surface area contributed by atoms with Crippen molar-refractivity contribution in [3.63, 3.8) is 0 Å². The van der Waals surface area contributed by atoms with E-state index in [9.17, 15) is 24.3 Å². The maximum absolute atomic E-state index is 13.6. The molecule has 42 heavy (non-hydrogen) atoms. The standard InChI is InChI=1S/C31H31FN6O3S/c1-31(2,3)15-21(16-33)29(41)37-12-4-5-22(37)17-38-24-7-6-19(18-39)13-23(24)35-30(38)36-28(40)26-9-8-25(42-26)20-10-11-34-27(32)14-20/h6-11,13-15,22,39H,4-5,12,17-18H2,1-3H3,(H,35,36,40)/t22-/m1/s1. The van der Waals surface area contributed by atoms with Crippen molar-refractivity contribution < 1.29 is 19.1 Å². The van der Waals surface area contributed by atoms with Crippen molar-refractivity contribution in [3.8, 4) is 16.5 Å². The number of hydrogen-bond donors (Lipinski definition) is 2. The Bertz CT molecular complexity index is 1730. The van der Waals surface area contributed by atoms with E-state index >= 15 is 0 Å². The lowest BCUT2D eigenvalue weighted by Crippen LogP contribution is -2.39. The van der Waals surface area contributed by atoms with Gasteiger partial charge in [-0.05, 0) is 59.7 Å². The van der Waals surface area contributed by atoms with Gasteiger partial charge in [-0.1, -0.05) is 32.9 Å². The summed E-state index contributed by atoms with van der Waals surface area (Å²) < 4.78 is 15.5. The molecule has 216 valence electrons. The predicted octanol–water partition coefficient (Wildman–Crippen LogP) is 5.53. The van der Waals surface area contributed by atoms with Crippen LogP contribution >= 0.6 is 11.3 Å². The van der Waals surface area contributed by atoms with E-state index in [2.05, 4.69) is 21.4 Å². The number of nitriles is 1. The first-order valence-electron chi connectivity index (χ1n) is 13.6. The fourth-order valence-electron chi connectivity index (χ4n) is 5.12. The molecule has 0 radical (unpaired) electrons. The Morgan fingerprint density at radius 1 is 1.24 bits per heavy atom. The minimum Gasteiger partial charge on any atom is -0.392 e. The number of aliphatic hydroxyl groups is 1. The fraction of sp³-hybridized carbons (Fsp3) is 0.323. The Kier molecular flexibility index (Phi) is 8.20. The second-order valence-electron chi connectivity index (χ2n) is 11.3. The maximum atomic E-state index is 13.6. The lowest BCUT2D eigenvalue weighted by Gasteiger charge is -2.26. The Balaban J connectivity index is 1.45. The number of fused-ring (bicyclic) bond motifs is 1. The van der Waals surface area contributed by atoms with E-state index in [-0.39, 0.29) is 35.5 Å². The van der Waals surface area contributed by atoms with Crippen LogP contribution in [0.4, 0.5) is 10.3 Å². The second-order valence-corrected chi connectivity index (χ2v) is 12.4. The number of nitrogens with zero attached hydrogens (tertiary/aromatic N) is 5. The van der Waals surface area contributed by atoms with Gasteiger partial charge < -0.3 is 14.6 Å². The number of aliphatic hydroxyl groups excluding tert-OH is 1. The van der Waals surface area contributed by atoms with Crippen molar-refractivity contribution in [1.82, 2.24) is 19.4 Å². The Morgan fingerprint density at radius 3 is 2.76 bits per heavy atom. The van der Waals surface area contributed by atoms with Crippen molar-refractivity contribution in [2.75, 3.05) is 11.9 Å². The van der Waals surface area contributed by atoms with Crippen molar-refractivity contribution >= 4 is 40.1 Å². The van der Waals surface area contributed by atoms with Gasteiger partial charge in [0, 0.05) is 30.2 Å². The van der Waals surface area contributed by atoms with Crippen LogP contribution in [0.25, 0.3) is 21.5 Å². The van der Waals surface area contributed by atoms with E-state index < -0.39 is 5.95 Å². The van der Waals surface area contributed by atoms with Crippen LogP contribution in [0.15, 0.2) is 60.3 Å². The first kappa shape index (κ1) is 29.1. The lowest BCUT2D eigenvalue weighted by molar-refractivity contribution is -0.127. The Hall–Kier alpha value is -4.40. The maximum Gasteiger partial charge on any atom is 0.268 e. The molecule has 1 atom stereocenters. The first-order chi connectivity index (χ1) is 20.1. The molecule has 0 saturated carbocycles. The minimum atomic E-state index is -0.599. The number of anilines is 1. The van der Waals surface area contributed by atoms with Gasteiger partial charge in [0.2, 0.25) is 11.9 Å². The van der Waals surface area contributed by atoms with E-state index in [1.165, 1.54) is 23.6 Å². The Morgan fingerprint density at radius 2 is 2.05 bits per heavy atom. The summed E-state index contributed by atoms with van der Waals surface area (Å²) in [5.41, 5.74) is 2.43. The third kappa shape index (κ3) is 6.25. The topological polar surface area (TPSA) is 124 Å². The number of imidazole rings is 1. The van der Waals surface area contributed by atoms with Gasteiger partial charge in [-0.15, -0.1) is 11.3 Å². The molecule has 0 spiro atoms. The van der Waals surface area contributed by atoms with Gasteiger partial charge in [0.05, 0.1) is 28.6 Å². The van der Waals surface area contributed by atoms with Gasteiger partial charge in [-0.25, -0.2) is 9.97 Å². The summed E-state index contributed by atoms with van der Waals surface area (Å²) >= 11 is 1.22. The molecule has 0 unspecified atom stereocenters. The number of nitrogens with one attached hydrogen (secondary N) is 1. The number of aromatic nitrogens is 3. The summed E-state index contributed by atoms with van der Waals surface area (Å²) in [6.45, 7) is 6.56. The number of rotatable bonds is 7. The highest BCUT2D eigenvalue weighted by atomic mass is 32.1. The third-order valence-corrected chi connectivity index (χ3v) is 8.15. The molecule has 4 heterocycles. The number of benzene rings is 1. The zero-order valence-corrected chi connectivity index (χ0v) is 24.4. The van der Waals surface area contributed by atoms with Crippen molar-refractivity contribution in [1.29, 1.82) is 5.26 Å². The van der Waals surface area contributed by atoms with E-state index in [1.807, 2.05) is 31.4 Å². The minimum absolute atomic E-state index is 0.119. The number of likely N-dealkylation sites (tertiary alicyclic amines) is 1. The number of amides is 2. The molecule has 1 fully saturated rings. The van der Waals surface area contributed by atoms with Gasteiger partial charge in [-0.3, -0.25) is 14.9 Å². The van der Waals surface area contributed by atoms with Crippen molar-refractivity contribution in [2.24, 2.45) is 5.41 Å². The summed E-state index contributed by atoms with van der Waals surface area (Å²) in [7, 11) is 0. The quantitative estimate of drug-likeness (QED) is 0.167. The number of allylic oxidation sites excluding steroid dienone is 1. The third-order valence-electron chi connectivity index (χ3n) is 7.02. The molecule has 0 aliphatic carbocycles. The average molecular weight is 587 g/mol. The number of carbonyl (C=O) groups is 2. The molecular formula is C31H31FN6O3S. The van der Waals surface area contributed by atoms with Crippen LogP contribution in [0.5, 0.6) is 0 Å². The molecule has 1 aromatic carbocycles. The molecule has 2 amide bonds. The van der Waals surface area contributed by atoms with E-state index in [0.717, 1.165) is 23.2 Å². The number of carbonyl (C=O) groups excluding carboxylic acids is 2. The molecule has 5 rings (SSSR count). The smallest absolute Gasteiger partial charge is 0.268 e. The summed E-state index contributed by atoms with van der Waals surface area (Å²) in [6.07, 6.45) is 4.61. The summed E-state index contributed by atoms with van der Waals surface area (Å²) in [4.78, 5) is 37.9. The average Bonchev–Trinajstić information content (AvgIpc) is 3.70. The Labute approximate surface area is 246 Å². The van der Waals surface area contributed by atoms with E-state index in [0.29, 0.717) is 40.6 Å². The molecule has 0 bridgehead atoms. The normalized spacial score (nSPS) is 15.7. The van der Waals surface area contributed by atoms with Crippen molar-refractivity contribution in [3.05, 3.63) is 76.7 Å². The van der Waals surface area contributed by atoms with E-state index in [4.69, 9.17) is 0 Å². The highest BCUT2D eigenvalue weighted by molar-refractivity contribution is 7.17. The lowest BCUT2D eigenvalue weighted by atomic mass is 9.93. The fourth-order valence-corrected chi connectivity index (χ4v) is 6.02. The number of thiophene rings is 1. The molecule has 11 heteroatoms. The van der Waals surface area contributed by atoms with Crippen molar-refractivity contribution in [2.45, 2.75) is 52.8 Å². The van der Waals surface area contributed by atoms with Gasteiger partial charge in [0.15, 0.2) is 0 Å². The monoisotopic (exact) mass is 586 g/mol. The van der Waals surface area contributed by atoms with E-state index in [1.54, 1.807) is 41.3 Å². The molecule has 4 aromatic rings. The van der Waals surface area contributed by atoms with Crippen LogP contribution in [0.2, 0.25) is 0 Å². The second kappa shape index (κ2) is 11.8. The van der Waals surface area contributed by atoms with Crippen LogP contribution in [0.1, 0.15) is 48.8 Å². The van der Waals surface area contributed by atoms with Gasteiger partial charge in [0.1, 0.15) is 11.6 Å². The molecule has 1 aliphatic heterocycles. The van der Waals surface area contributed by atoms with Crippen LogP contribution < -0.4 is 5.32 Å². The highest BCUT2D eigenvalue weighted by Gasteiger charge is 2.32. The van der Waals surface area contributed by atoms with Crippen LogP contribution in [0.3, 0.4) is 0 Å². The largest absolute Gasteiger partial charge is 0.392 e. The summed E-state index contributed by atoms with van der Waals surface area (Å²) in [5, 5.41) is 22.3. The molecule has 2 N–H and O–H groups in total. The molecule has 3 aromatic heterocycles. The molecule has 1 saturated heterocycles. The molecule has 1 aliphatic rings. The number of pyridine rings is 1. The van der Waals surface area contributed by atoms with Gasteiger partial charge in [0.25, 0.3) is 11.8 Å². The number of halogens is 1. The molecular weight excluding hydrogens is 555 g/mol.